The first kappa shape index (κ1) is 12.0. The highest BCUT2D eigenvalue weighted by Crippen LogP contribution is 1.96. The van der Waals surface area contributed by atoms with Crippen LogP contribution in [-0.4, -0.2) is 0 Å². The van der Waals surface area contributed by atoms with Crippen LogP contribution in [0.2, 0.25) is 0 Å². The molecule has 0 aromatic carbocycles. The summed E-state index contributed by atoms with van der Waals surface area (Å²) in [7, 11) is 0. The van der Waals surface area contributed by atoms with Crippen LogP contribution < -0.4 is 0 Å². The summed E-state index contributed by atoms with van der Waals surface area (Å²) < 4.78 is 0. The standard InChI is InChI=1S/C6H12.C4H6/c1-5(2)6(3)4;1-3-4-2/h1-4H3;1-2H3. The SMILES string of the molecule is CC#CC.CC(C)=C(C)C. The smallest absolute Gasteiger partial charge is 0.00271 e. The fourth-order valence-electron chi connectivity index (χ4n) is 0. The van der Waals surface area contributed by atoms with Crippen LogP contribution in [0, 0.1) is 11.8 Å². The van der Waals surface area contributed by atoms with Crippen LogP contribution in [0.3, 0.4) is 0 Å². The van der Waals surface area contributed by atoms with E-state index in [9.17, 15) is 0 Å². The van der Waals surface area contributed by atoms with Gasteiger partial charge in [0.15, 0.2) is 0 Å². The molecule has 0 heterocycles. The molecule has 0 heteroatoms. The first-order chi connectivity index (χ1) is 4.56. The van der Waals surface area contributed by atoms with E-state index >= 15 is 0 Å². The van der Waals surface area contributed by atoms with Crippen molar-refractivity contribution in [2.75, 3.05) is 0 Å². The molecule has 0 amide bonds. The highest BCUT2D eigenvalue weighted by atomic mass is 13.8. The van der Waals surface area contributed by atoms with Gasteiger partial charge in [-0.15, -0.1) is 11.8 Å². The van der Waals surface area contributed by atoms with Gasteiger partial charge < -0.3 is 0 Å². The van der Waals surface area contributed by atoms with Crippen LogP contribution in [0.5, 0.6) is 0 Å². The number of hydrogen-bond donors (Lipinski definition) is 0. The minimum Gasteiger partial charge on any atom is -0.107 e. The molecule has 0 fully saturated rings. The van der Waals surface area contributed by atoms with Crippen LogP contribution in [0.25, 0.3) is 0 Å². The lowest BCUT2D eigenvalue weighted by molar-refractivity contribution is 1.23. The molecule has 0 radical (unpaired) electrons. The second-order valence-corrected chi connectivity index (χ2v) is 2.50. The Hall–Kier alpha value is -0.700. The molecule has 10 heavy (non-hydrogen) atoms. The zero-order valence-electron chi connectivity index (χ0n) is 8.00. The van der Waals surface area contributed by atoms with Crippen molar-refractivity contribution in [3.05, 3.63) is 11.1 Å². The van der Waals surface area contributed by atoms with Crippen LogP contribution >= 0.6 is 0 Å². The quantitative estimate of drug-likeness (QED) is 0.355. The molecule has 0 aliphatic heterocycles. The second kappa shape index (κ2) is 8.30. The molecule has 0 aromatic rings. The maximum atomic E-state index is 2.68. The van der Waals surface area contributed by atoms with Crippen molar-refractivity contribution in [3.8, 4) is 11.8 Å². The summed E-state index contributed by atoms with van der Waals surface area (Å²) in [6.45, 7) is 12.1. The molecule has 0 rings (SSSR count). The monoisotopic (exact) mass is 138 g/mol. The lowest BCUT2D eigenvalue weighted by atomic mass is 10.2. The lowest BCUT2D eigenvalue weighted by Gasteiger charge is -1.88. The van der Waals surface area contributed by atoms with Gasteiger partial charge in [0.1, 0.15) is 0 Å². The van der Waals surface area contributed by atoms with Crippen molar-refractivity contribution in [2.24, 2.45) is 0 Å². The third kappa shape index (κ3) is 15.7. The van der Waals surface area contributed by atoms with Gasteiger partial charge in [-0.1, -0.05) is 11.1 Å². The Morgan fingerprint density at radius 2 is 0.900 bits per heavy atom. The first-order valence-corrected chi connectivity index (χ1v) is 3.50. The maximum Gasteiger partial charge on any atom is -0.00271 e. The minimum absolute atomic E-state index is 1.43. The van der Waals surface area contributed by atoms with Crippen molar-refractivity contribution in [1.82, 2.24) is 0 Å². The van der Waals surface area contributed by atoms with Gasteiger partial charge in [0, 0.05) is 0 Å². The number of hydrogen-bond acceptors (Lipinski definition) is 0. The Morgan fingerprint density at radius 3 is 0.900 bits per heavy atom. The van der Waals surface area contributed by atoms with Gasteiger partial charge in [0.05, 0.1) is 0 Å². The zero-order valence-corrected chi connectivity index (χ0v) is 8.00. The molecule has 0 saturated heterocycles. The average molecular weight is 138 g/mol. The molecule has 0 aliphatic rings. The van der Waals surface area contributed by atoms with Crippen LogP contribution in [0.15, 0.2) is 11.1 Å². The van der Waals surface area contributed by atoms with Gasteiger partial charge in [0.25, 0.3) is 0 Å². The Bertz CT molecular complexity index is 127. The van der Waals surface area contributed by atoms with E-state index in [0.717, 1.165) is 0 Å². The summed E-state index contributed by atoms with van der Waals surface area (Å²) in [5.41, 5.74) is 2.85. The minimum atomic E-state index is 1.43. The Morgan fingerprint density at radius 1 is 0.700 bits per heavy atom. The topological polar surface area (TPSA) is 0 Å². The fraction of sp³-hybridized carbons (Fsp3) is 0.600. The molecule has 58 valence electrons. The number of rotatable bonds is 0. The molecule has 0 saturated carbocycles. The highest BCUT2D eigenvalue weighted by molar-refractivity contribution is 5.02. The number of allylic oxidation sites excluding steroid dienone is 2. The predicted octanol–water partition coefficient (Wildman–Crippen LogP) is 3.39. The molecular formula is C10H18. The molecule has 0 N–H and O–H groups in total. The molecule has 0 nitrogen and oxygen atoms in total. The van der Waals surface area contributed by atoms with Gasteiger partial charge in [-0.2, -0.15) is 0 Å². The van der Waals surface area contributed by atoms with Gasteiger partial charge in [0.2, 0.25) is 0 Å². The van der Waals surface area contributed by atoms with E-state index in [1.165, 1.54) is 11.1 Å². The highest BCUT2D eigenvalue weighted by Gasteiger charge is 1.75. The molecule has 0 unspecified atom stereocenters. The van der Waals surface area contributed by atoms with Gasteiger partial charge in [-0.05, 0) is 41.5 Å². The lowest BCUT2D eigenvalue weighted by Crippen LogP contribution is -1.66. The zero-order chi connectivity index (χ0) is 8.57. The first-order valence-electron chi connectivity index (χ1n) is 3.50. The van der Waals surface area contributed by atoms with E-state index in [4.69, 9.17) is 0 Å². The van der Waals surface area contributed by atoms with E-state index in [2.05, 4.69) is 39.5 Å². The Labute approximate surface area is 65.3 Å². The van der Waals surface area contributed by atoms with Crippen LogP contribution in [0.4, 0.5) is 0 Å². The molecule has 0 atom stereocenters. The third-order valence-corrected chi connectivity index (χ3v) is 1.25. The summed E-state index contributed by atoms with van der Waals surface area (Å²) >= 11 is 0. The van der Waals surface area contributed by atoms with Gasteiger partial charge >= 0.3 is 0 Å². The third-order valence-electron chi connectivity index (χ3n) is 1.25. The van der Waals surface area contributed by atoms with Crippen molar-refractivity contribution < 1.29 is 0 Å². The summed E-state index contributed by atoms with van der Waals surface area (Å²) in [5.74, 6) is 5.36. The molecular weight excluding hydrogens is 120 g/mol. The van der Waals surface area contributed by atoms with E-state index in [1.807, 2.05) is 13.8 Å². The molecule has 0 aliphatic carbocycles. The summed E-state index contributed by atoms with van der Waals surface area (Å²) in [5, 5.41) is 0. The van der Waals surface area contributed by atoms with Gasteiger partial charge in [-0.25, -0.2) is 0 Å². The molecule has 0 bridgehead atoms. The Kier molecular flexibility index (Phi) is 9.98. The summed E-state index contributed by atoms with van der Waals surface area (Å²) in [4.78, 5) is 0. The largest absolute Gasteiger partial charge is 0.107 e. The maximum absolute atomic E-state index is 2.68. The van der Waals surface area contributed by atoms with Crippen molar-refractivity contribution >= 4 is 0 Å². The van der Waals surface area contributed by atoms with E-state index in [-0.39, 0.29) is 0 Å². The Balaban J connectivity index is 0. The molecule has 0 aromatic heterocycles. The summed E-state index contributed by atoms with van der Waals surface area (Å²) in [6, 6.07) is 0. The normalized spacial score (nSPS) is 6.20. The fourth-order valence-corrected chi connectivity index (χ4v) is 0. The van der Waals surface area contributed by atoms with Gasteiger partial charge in [-0.3, -0.25) is 0 Å². The van der Waals surface area contributed by atoms with E-state index in [1.54, 1.807) is 0 Å². The van der Waals surface area contributed by atoms with E-state index in [0.29, 0.717) is 0 Å². The van der Waals surface area contributed by atoms with Crippen molar-refractivity contribution in [3.63, 3.8) is 0 Å². The second-order valence-electron chi connectivity index (χ2n) is 2.50. The molecule has 0 spiro atoms. The average Bonchev–Trinajstić information content (AvgIpc) is 1.89. The van der Waals surface area contributed by atoms with Crippen molar-refractivity contribution in [1.29, 1.82) is 0 Å². The van der Waals surface area contributed by atoms with E-state index < -0.39 is 0 Å². The van der Waals surface area contributed by atoms with Crippen LogP contribution in [0.1, 0.15) is 41.5 Å². The predicted molar refractivity (Wildman–Crippen MR) is 48.8 cm³/mol. The summed E-state index contributed by atoms with van der Waals surface area (Å²) in [6.07, 6.45) is 0. The van der Waals surface area contributed by atoms with Crippen LogP contribution in [-0.2, 0) is 0 Å². The van der Waals surface area contributed by atoms with Crippen molar-refractivity contribution in [2.45, 2.75) is 41.5 Å².